The van der Waals surface area contributed by atoms with Gasteiger partial charge in [0, 0.05) is 29.0 Å². The first-order valence-electron chi connectivity index (χ1n) is 6.95. The van der Waals surface area contributed by atoms with Gasteiger partial charge in [0.25, 0.3) is 0 Å². The molecular weight excluding hydrogens is 326 g/mol. The molecule has 0 radical (unpaired) electrons. The Labute approximate surface area is 141 Å². The summed E-state index contributed by atoms with van der Waals surface area (Å²) >= 11 is 3.13. The molecule has 0 aliphatic rings. The minimum Gasteiger partial charge on any atom is -0.399 e. The highest BCUT2D eigenvalue weighted by molar-refractivity contribution is 7.98. The Bertz CT molecular complexity index is 972. The summed E-state index contributed by atoms with van der Waals surface area (Å²) in [5, 5.41) is 2.77. The molecule has 3 heterocycles. The van der Waals surface area contributed by atoms with E-state index < -0.39 is 0 Å². The van der Waals surface area contributed by atoms with Crippen molar-refractivity contribution in [2.75, 3.05) is 12.0 Å². The number of hydrogen-bond donors (Lipinski definition) is 1. The molecule has 2 N–H and O–H groups in total. The van der Waals surface area contributed by atoms with Crippen LogP contribution in [0.3, 0.4) is 0 Å². The van der Waals surface area contributed by atoms with Gasteiger partial charge in [0.05, 0.1) is 11.4 Å². The molecule has 3 aromatic heterocycles. The molecule has 0 saturated carbocycles. The molecule has 23 heavy (non-hydrogen) atoms. The van der Waals surface area contributed by atoms with Crippen LogP contribution in [0.4, 0.5) is 5.69 Å². The van der Waals surface area contributed by atoms with Crippen LogP contribution in [0.1, 0.15) is 0 Å². The third kappa shape index (κ3) is 2.47. The lowest BCUT2D eigenvalue weighted by atomic mass is 10.1. The predicted octanol–water partition coefficient (Wildman–Crippen LogP) is 3.82. The molecule has 4 rings (SSSR count). The third-order valence-corrected chi connectivity index (χ3v) is 4.82. The number of rotatable bonds is 3. The van der Waals surface area contributed by atoms with Gasteiger partial charge in [-0.15, -0.1) is 11.3 Å². The normalized spacial score (nSPS) is 11.2. The quantitative estimate of drug-likeness (QED) is 0.349. The van der Waals surface area contributed by atoms with Gasteiger partial charge in [-0.2, -0.15) is 0 Å². The van der Waals surface area contributed by atoms with E-state index in [1.807, 2.05) is 48.2 Å². The molecule has 0 aliphatic heterocycles. The van der Waals surface area contributed by atoms with Crippen LogP contribution < -0.4 is 5.73 Å². The molecule has 0 atom stereocenters. The number of nitrogen functional groups attached to an aromatic ring is 1. The smallest absolute Gasteiger partial charge is 0.194 e. The number of anilines is 1. The first kappa shape index (κ1) is 14.2. The van der Waals surface area contributed by atoms with E-state index in [0.29, 0.717) is 0 Å². The molecule has 7 heteroatoms. The molecule has 0 unspecified atom stereocenters. The van der Waals surface area contributed by atoms with Crippen LogP contribution in [0.2, 0.25) is 0 Å². The zero-order valence-corrected chi connectivity index (χ0v) is 13.9. The fourth-order valence-corrected chi connectivity index (χ4v) is 3.51. The fourth-order valence-electron chi connectivity index (χ4n) is 2.44. The van der Waals surface area contributed by atoms with Crippen molar-refractivity contribution in [2.45, 2.75) is 5.16 Å². The topological polar surface area (TPSA) is 69.1 Å². The van der Waals surface area contributed by atoms with Crippen LogP contribution >= 0.6 is 23.1 Å². The van der Waals surface area contributed by atoms with Crippen molar-refractivity contribution in [3.05, 3.63) is 48.1 Å². The van der Waals surface area contributed by atoms with E-state index in [2.05, 4.69) is 14.4 Å². The lowest BCUT2D eigenvalue weighted by Crippen LogP contribution is -1.94. The first-order valence-corrected chi connectivity index (χ1v) is 9.05. The molecule has 0 saturated heterocycles. The largest absolute Gasteiger partial charge is 0.399 e. The van der Waals surface area contributed by atoms with Gasteiger partial charge < -0.3 is 5.73 Å². The number of nitrogens with zero attached hydrogens (tertiary/aromatic N) is 4. The van der Waals surface area contributed by atoms with E-state index in [9.17, 15) is 0 Å². The predicted molar refractivity (Wildman–Crippen MR) is 95.7 cm³/mol. The molecule has 4 aromatic rings. The Kier molecular flexibility index (Phi) is 3.51. The van der Waals surface area contributed by atoms with Gasteiger partial charge in [-0.05, 0) is 24.5 Å². The lowest BCUT2D eigenvalue weighted by Gasteiger charge is -2.05. The number of aromatic nitrogens is 4. The summed E-state index contributed by atoms with van der Waals surface area (Å²) in [6, 6.07) is 9.67. The van der Waals surface area contributed by atoms with E-state index in [1.54, 1.807) is 17.5 Å². The zero-order valence-electron chi connectivity index (χ0n) is 12.3. The monoisotopic (exact) mass is 339 g/mol. The number of fused-ring (bicyclic) bond motifs is 1. The minimum absolute atomic E-state index is 0.739. The first-order chi connectivity index (χ1) is 11.3. The van der Waals surface area contributed by atoms with E-state index in [0.717, 1.165) is 38.4 Å². The highest BCUT2D eigenvalue weighted by atomic mass is 32.2. The van der Waals surface area contributed by atoms with Crippen molar-refractivity contribution in [3.63, 3.8) is 0 Å². The average molecular weight is 339 g/mol. The van der Waals surface area contributed by atoms with E-state index in [4.69, 9.17) is 10.7 Å². The maximum Gasteiger partial charge on any atom is 0.194 e. The molecule has 0 amide bonds. The van der Waals surface area contributed by atoms with Crippen LogP contribution in [-0.2, 0) is 0 Å². The highest BCUT2D eigenvalue weighted by Crippen LogP contribution is 2.33. The van der Waals surface area contributed by atoms with Crippen LogP contribution in [0.15, 0.2) is 53.3 Å². The van der Waals surface area contributed by atoms with Crippen molar-refractivity contribution in [1.29, 1.82) is 0 Å². The minimum atomic E-state index is 0.739. The van der Waals surface area contributed by atoms with Crippen LogP contribution in [0, 0.1) is 0 Å². The number of hydrogen-bond acceptors (Lipinski definition) is 6. The molecule has 5 nitrogen and oxygen atoms in total. The zero-order chi connectivity index (χ0) is 15.8. The van der Waals surface area contributed by atoms with Crippen LogP contribution in [-0.4, -0.2) is 25.6 Å². The summed E-state index contributed by atoms with van der Waals surface area (Å²) in [4.78, 5) is 14.6. The van der Waals surface area contributed by atoms with Gasteiger partial charge in [0.1, 0.15) is 5.69 Å². The number of thioether (sulfide) groups is 1. The standard InChI is InChI=1S/C16H13N5S2/c1-22-15-18-7-6-12(19-15)14-13(10-2-4-11(17)5-3-10)20-16-21(14)8-9-23-16/h2-9H,17H2,1H3. The Hall–Kier alpha value is -2.38. The second kappa shape index (κ2) is 5.68. The third-order valence-electron chi connectivity index (χ3n) is 3.50. The summed E-state index contributed by atoms with van der Waals surface area (Å²) in [5.41, 5.74) is 10.3. The van der Waals surface area contributed by atoms with Gasteiger partial charge in [0.15, 0.2) is 10.1 Å². The molecule has 0 fully saturated rings. The van der Waals surface area contributed by atoms with Crippen molar-refractivity contribution in [3.8, 4) is 22.6 Å². The maximum atomic E-state index is 5.80. The van der Waals surface area contributed by atoms with Gasteiger partial charge in [0.2, 0.25) is 0 Å². The van der Waals surface area contributed by atoms with Crippen molar-refractivity contribution >= 4 is 33.7 Å². The van der Waals surface area contributed by atoms with E-state index in [-0.39, 0.29) is 0 Å². The number of thiazole rings is 1. The summed E-state index contributed by atoms with van der Waals surface area (Å²) in [6.45, 7) is 0. The SMILES string of the molecule is CSc1nccc(-c2c(-c3ccc(N)cc3)nc3sccn23)n1. The Morgan fingerprint density at radius 2 is 1.96 bits per heavy atom. The summed E-state index contributed by atoms with van der Waals surface area (Å²) in [6.07, 6.45) is 5.77. The average Bonchev–Trinajstić information content (AvgIpc) is 3.16. The summed E-state index contributed by atoms with van der Waals surface area (Å²) in [7, 11) is 0. The van der Waals surface area contributed by atoms with Gasteiger partial charge in [-0.3, -0.25) is 4.40 Å². The number of imidazole rings is 1. The van der Waals surface area contributed by atoms with Gasteiger partial charge in [-0.1, -0.05) is 23.9 Å². The molecule has 114 valence electrons. The second-order valence-electron chi connectivity index (χ2n) is 4.92. The summed E-state index contributed by atoms with van der Waals surface area (Å²) < 4.78 is 2.07. The highest BCUT2D eigenvalue weighted by Gasteiger charge is 2.18. The van der Waals surface area contributed by atoms with Gasteiger partial charge in [-0.25, -0.2) is 15.0 Å². The Balaban J connectivity index is 1.98. The van der Waals surface area contributed by atoms with E-state index in [1.165, 1.54) is 11.8 Å². The van der Waals surface area contributed by atoms with Crippen molar-refractivity contribution < 1.29 is 0 Å². The van der Waals surface area contributed by atoms with Crippen molar-refractivity contribution in [2.24, 2.45) is 0 Å². The van der Waals surface area contributed by atoms with Gasteiger partial charge >= 0.3 is 0 Å². The molecule has 1 aromatic carbocycles. The maximum absolute atomic E-state index is 5.80. The van der Waals surface area contributed by atoms with Crippen molar-refractivity contribution in [1.82, 2.24) is 19.4 Å². The molecule has 0 aliphatic carbocycles. The van der Waals surface area contributed by atoms with Crippen LogP contribution in [0.25, 0.3) is 27.6 Å². The number of nitrogens with two attached hydrogens (primary N) is 1. The lowest BCUT2D eigenvalue weighted by molar-refractivity contribution is 0.969. The molecule has 0 bridgehead atoms. The molecular formula is C16H13N5S2. The Morgan fingerprint density at radius 1 is 1.13 bits per heavy atom. The summed E-state index contributed by atoms with van der Waals surface area (Å²) in [5.74, 6) is 0. The Morgan fingerprint density at radius 3 is 2.74 bits per heavy atom. The van der Waals surface area contributed by atoms with E-state index >= 15 is 0 Å². The fraction of sp³-hybridized carbons (Fsp3) is 0.0625. The molecule has 0 spiro atoms. The number of benzene rings is 1. The second-order valence-corrected chi connectivity index (χ2v) is 6.56. The van der Waals surface area contributed by atoms with Crippen LogP contribution in [0.5, 0.6) is 0 Å².